The van der Waals surface area contributed by atoms with Crippen LogP contribution in [0.4, 0.5) is 0 Å². The fourth-order valence-corrected chi connectivity index (χ4v) is 4.21. The Morgan fingerprint density at radius 3 is 2.29 bits per heavy atom. The van der Waals surface area contributed by atoms with E-state index in [9.17, 15) is 13.2 Å². The quantitative estimate of drug-likeness (QED) is 0.585. The van der Waals surface area contributed by atoms with E-state index in [4.69, 9.17) is 11.6 Å². The lowest BCUT2D eigenvalue weighted by Crippen LogP contribution is -2.40. The van der Waals surface area contributed by atoms with Gasteiger partial charge in [-0.25, -0.2) is 8.42 Å². The summed E-state index contributed by atoms with van der Waals surface area (Å²) in [7, 11) is -3.84. The summed E-state index contributed by atoms with van der Waals surface area (Å²) < 4.78 is 27.5. The number of halogens is 1. The van der Waals surface area contributed by atoms with Gasteiger partial charge in [0, 0.05) is 18.1 Å². The Kier molecular flexibility index (Phi) is 8.48. The van der Waals surface area contributed by atoms with Gasteiger partial charge in [0.1, 0.15) is 0 Å². The number of unbranched alkanes of at least 4 members (excludes halogenated alkanes) is 2. The Labute approximate surface area is 172 Å². The molecule has 0 aromatic heterocycles. The molecule has 2 aromatic carbocycles. The van der Waals surface area contributed by atoms with Crippen LogP contribution in [-0.4, -0.2) is 31.7 Å². The minimum absolute atomic E-state index is 0.114. The van der Waals surface area contributed by atoms with E-state index in [1.54, 1.807) is 0 Å². The van der Waals surface area contributed by atoms with Gasteiger partial charge >= 0.3 is 0 Å². The van der Waals surface area contributed by atoms with Crippen molar-refractivity contribution in [2.24, 2.45) is 0 Å². The van der Waals surface area contributed by atoms with Crippen molar-refractivity contribution in [3.05, 3.63) is 64.7 Å². The van der Waals surface area contributed by atoms with Crippen molar-refractivity contribution in [2.75, 3.05) is 13.1 Å². The summed E-state index contributed by atoms with van der Waals surface area (Å²) in [5.74, 6) is -0.305. The first-order chi connectivity index (χ1) is 13.3. The first-order valence-corrected chi connectivity index (χ1v) is 11.2. The lowest BCUT2D eigenvalue weighted by Gasteiger charge is -2.22. The number of sulfonamides is 1. The molecule has 5 nitrogen and oxygen atoms in total. The van der Waals surface area contributed by atoms with Gasteiger partial charge in [0.15, 0.2) is 0 Å². The Morgan fingerprint density at radius 1 is 1.04 bits per heavy atom. The van der Waals surface area contributed by atoms with Crippen molar-refractivity contribution in [1.82, 2.24) is 9.62 Å². The summed E-state index contributed by atoms with van der Waals surface area (Å²) in [6.07, 6.45) is 2.96. The second kappa shape index (κ2) is 10.6. The largest absolute Gasteiger partial charge is 0.355 e. The van der Waals surface area contributed by atoms with Crippen LogP contribution in [0.25, 0.3) is 0 Å². The molecule has 0 spiro atoms. The number of nitrogens with one attached hydrogen (secondary N) is 1. The number of aryl methyl sites for hydroxylation is 1. The highest BCUT2D eigenvalue weighted by atomic mass is 35.5. The molecule has 0 saturated heterocycles. The average molecular weight is 423 g/mol. The summed E-state index contributed by atoms with van der Waals surface area (Å²) in [4.78, 5) is 12.5. The molecule has 2 rings (SSSR count). The van der Waals surface area contributed by atoms with Gasteiger partial charge in [-0.15, -0.1) is 0 Å². The molecular weight excluding hydrogens is 396 g/mol. The fourth-order valence-electron chi connectivity index (χ4n) is 2.70. The second-order valence-corrected chi connectivity index (χ2v) is 9.14. The predicted molar refractivity (Wildman–Crippen MR) is 113 cm³/mol. The zero-order chi connectivity index (χ0) is 20.6. The number of hydrogen-bond donors (Lipinski definition) is 1. The van der Waals surface area contributed by atoms with E-state index in [0.29, 0.717) is 11.6 Å². The average Bonchev–Trinajstić information content (AvgIpc) is 2.67. The summed E-state index contributed by atoms with van der Waals surface area (Å²) in [5.41, 5.74) is 1.91. The van der Waals surface area contributed by atoms with Crippen LogP contribution < -0.4 is 5.32 Å². The number of hydrogen-bond acceptors (Lipinski definition) is 3. The standard InChI is InChI=1S/C21H27ClN2O3S/c1-3-4-5-14-23-21(25)16-24(15-18-8-6-17(2)7-9-18)28(26,27)20-12-10-19(22)11-13-20/h6-13H,3-5,14-16H2,1-2H3,(H,23,25). The second-order valence-electron chi connectivity index (χ2n) is 6.77. The van der Waals surface area contributed by atoms with Gasteiger partial charge in [0.2, 0.25) is 15.9 Å². The highest BCUT2D eigenvalue weighted by molar-refractivity contribution is 7.89. The van der Waals surface area contributed by atoms with Gasteiger partial charge in [-0.2, -0.15) is 4.31 Å². The van der Waals surface area contributed by atoms with Crippen LogP contribution >= 0.6 is 11.6 Å². The maximum absolute atomic E-state index is 13.1. The van der Waals surface area contributed by atoms with Crippen LogP contribution in [0.15, 0.2) is 53.4 Å². The molecule has 0 aliphatic heterocycles. The van der Waals surface area contributed by atoms with Crippen molar-refractivity contribution in [2.45, 2.75) is 44.6 Å². The lowest BCUT2D eigenvalue weighted by atomic mass is 10.1. The van der Waals surface area contributed by atoms with Crippen molar-refractivity contribution >= 4 is 27.5 Å². The van der Waals surface area contributed by atoms with Gasteiger partial charge < -0.3 is 5.32 Å². The Hall–Kier alpha value is -1.89. The van der Waals surface area contributed by atoms with Crippen LogP contribution in [-0.2, 0) is 21.4 Å². The number of nitrogens with zero attached hydrogens (tertiary/aromatic N) is 1. The highest BCUT2D eigenvalue weighted by Crippen LogP contribution is 2.20. The Balaban J connectivity index is 2.20. The van der Waals surface area contributed by atoms with Crippen LogP contribution in [0.2, 0.25) is 5.02 Å². The molecule has 7 heteroatoms. The van der Waals surface area contributed by atoms with Gasteiger partial charge in [-0.1, -0.05) is 61.2 Å². The monoisotopic (exact) mass is 422 g/mol. The zero-order valence-electron chi connectivity index (χ0n) is 16.3. The number of carbonyl (C=O) groups excluding carboxylic acids is 1. The normalized spacial score (nSPS) is 11.6. The zero-order valence-corrected chi connectivity index (χ0v) is 17.9. The summed E-state index contributed by atoms with van der Waals surface area (Å²) in [6.45, 7) is 4.49. The molecular formula is C21H27ClN2O3S. The van der Waals surface area contributed by atoms with Crippen molar-refractivity contribution < 1.29 is 13.2 Å². The summed E-state index contributed by atoms with van der Waals surface area (Å²) >= 11 is 5.88. The minimum Gasteiger partial charge on any atom is -0.355 e. The molecule has 0 aliphatic carbocycles. The van der Waals surface area contributed by atoms with Gasteiger partial charge in [0.05, 0.1) is 11.4 Å². The molecule has 1 N–H and O–H groups in total. The molecule has 0 aliphatic rings. The topological polar surface area (TPSA) is 66.5 Å². The SMILES string of the molecule is CCCCCNC(=O)CN(Cc1ccc(C)cc1)S(=O)(=O)c1ccc(Cl)cc1. The van der Waals surface area contributed by atoms with E-state index in [0.717, 1.165) is 30.4 Å². The predicted octanol–water partition coefficient (Wildman–Crippen LogP) is 4.15. The Morgan fingerprint density at radius 2 is 1.68 bits per heavy atom. The third-order valence-corrected chi connectivity index (χ3v) is 6.41. The number of amides is 1. The molecule has 0 bridgehead atoms. The molecule has 28 heavy (non-hydrogen) atoms. The fraction of sp³-hybridized carbons (Fsp3) is 0.381. The van der Waals surface area contributed by atoms with E-state index in [2.05, 4.69) is 12.2 Å². The van der Waals surface area contributed by atoms with Gasteiger partial charge in [-0.05, 0) is 43.2 Å². The van der Waals surface area contributed by atoms with Crippen molar-refractivity contribution in [3.63, 3.8) is 0 Å². The molecule has 0 unspecified atom stereocenters. The van der Waals surface area contributed by atoms with Crippen LogP contribution in [0.3, 0.4) is 0 Å². The van der Waals surface area contributed by atoms with Crippen LogP contribution in [0.1, 0.15) is 37.3 Å². The number of carbonyl (C=O) groups is 1. The van der Waals surface area contributed by atoms with E-state index < -0.39 is 10.0 Å². The van der Waals surface area contributed by atoms with Crippen LogP contribution in [0, 0.1) is 6.92 Å². The molecule has 0 fully saturated rings. The third-order valence-electron chi connectivity index (χ3n) is 4.35. The van der Waals surface area contributed by atoms with Gasteiger partial charge in [0.25, 0.3) is 0 Å². The molecule has 0 radical (unpaired) electrons. The summed E-state index contributed by atoms with van der Waals surface area (Å²) in [6, 6.07) is 13.6. The molecule has 0 saturated carbocycles. The van der Waals surface area contributed by atoms with Gasteiger partial charge in [-0.3, -0.25) is 4.79 Å². The maximum Gasteiger partial charge on any atom is 0.243 e. The number of rotatable bonds is 10. The first-order valence-electron chi connectivity index (χ1n) is 9.41. The minimum atomic E-state index is -3.84. The molecule has 0 heterocycles. The Bertz CT molecular complexity index is 866. The molecule has 2 aromatic rings. The summed E-state index contributed by atoms with van der Waals surface area (Å²) in [5, 5.41) is 3.27. The first kappa shape index (κ1) is 22.4. The van der Waals surface area contributed by atoms with E-state index in [1.807, 2.05) is 31.2 Å². The maximum atomic E-state index is 13.1. The van der Waals surface area contributed by atoms with E-state index in [1.165, 1.54) is 28.6 Å². The lowest BCUT2D eigenvalue weighted by molar-refractivity contribution is -0.121. The van der Waals surface area contributed by atoms with E-state index in [-0.39, 0.29) is 23.9 Å². The van der Waals surface area contributed by atoms with Crippen LogP contribution in [0.5, 0.6) is 0 Å². The van der Waals surface area contributed by atoms with Crippen molar-refractivity contribution in [1.29, 1.82) is 0 Å². The van der Waals surface area contributed by atoms with Crippen molar-refractivity contribution in [3.8, 4) is 0 Å². The smallest absolute Gasteiger partial charge is 0.243 e. The third kappa shape index (κ3) is 6.62. The molecule has 152 valence electrons. The number of benzene rings is 2. The molecule has 1 amide bonds. The molecule has 0 atom stereocenters. The highest BCUT2D eigenvalue weighted by Gasteiger charge is 2.26. The van der Waals surface area contributed by atoms with E-state index >= 15 is 0 Å².